The molecule has 4 rings (SSSR count). The number of fused-ring (bicyclic) bond motifs is 1. The molecule has 1 aliphatic rings. The van der Waals surface area contributed by atoms with Crippen LogP contribution in [0.25, 0.3) is 11.0 Å². The summed E-state index contributed by atoms with van der Waals surface area (Å²) >= 11 is 0. The summed E-state index contributed by atoms with van der Waals surface area (Å²) in [6.07, 6.45) is 9.21. The lowest BCUT2D eigenvalue weighted by Gasteiger charge is -2.32. The van der Waals surface area contributed by atoms with Crippen molar-refractivity contribution >= 4 is 16.9 Å². The van der Waals surface area contributed by atoms with Gasteiger partial charge in [-0.3, -0.25) is 4.98 Å². The van der Waals surface area contributed by atoms with Crippen LogP contribution in [0.3, 0.4) is 0 Å². The van der Waals surface area contributed by atoms with Crippen molar-refractivity contribution in [2.45, 2.75) is 19.8 Å². The van der Waals surface area contributed by atoms with Crippen molar-refractivity contribution in [3.05, 3.63) is 36.7 Å². The molecule has 0 amide bonds. The zero-order chi connectivity index (χ0) is 17.2. The molecule has 1 aliphatic heterocycles. The third-order valence-corrected chi connectivity index (χ3v) is 4.85. The molecule has 0 radical (unpaired) electrons. The summed E-state index contributed by atoms with van der Waals surface area (Å²) in [6.45, 7) is 4.58. The van der Waals surface area contributed by atoms with Gasteiger partial charge in [0, 0.05) is 38.7 Å². The highest BCUT2D eigenvalue weighted by Gasteiger charge is 2.23. The second-order valence-electron chi connectivity index (χ2n) is 6.55. The molecule has 0 aliphatic carbocycles. The van der Waals surface area contributed by atoms with Crippen molar-refractivity contribution in [2.24, 2.45) is 13.0 Å². The number of hydrogen-bond acceptors (Lipinski definition) is 6. The van der Waals surface area contributed by atoms with Crippen molar-refractivity contribution in [3.8, 4) is 5.88 Å². The lowest BCUT2D eigenvalue weighted by molar-refractivity contribution is 0.214. The summed E-state index contributed by atoms with van der Waals surface area (Å²) < 4.78 is 7.90. The first kappa shape index (κ1) is 15.8. The van der Waals surface area contributed by atoms with E-state index in [4.69, 9.17) is 4.74 Å². The minimum atomic E-state index is 0.533. The van der Waals surface area contributed by atoms with Crippen LogP contribution in [0, 0.1) is 12.8 Å². The predicted molar refractivity (Wildman–Crippen MR) is 95.7 cm³/mol. The summed E-state index contributed by atoms with van der Waals surface area (Å²) in [5.74, 6) is 2.22. The number of anilines is 1. The van der Waals surface area contributed by atoms with Crippen LogP contribution in [0.1, 0.15) is 18.5 Å². The first-order valence-corrected chi connectivity index (χ1v) is 8.64. The Hall–Kier alpha value is -2.70. The number of hydrogen-bond donors (Lipinski definition) is 0. The van der Waals surface area contributed by atoms with Gasteiger partial charge in [-0.05, 0) is 31.7 Å². The Bertz CT molecular complexity index is 869. The maximum atomic E-state index is 5.87. The molecular formula is C18H22N6O. The molecule has 0 N–H and O–H groups in total. The van der Waals surface area contributed by atoms with Gasteiger partial charge in [0.05, 0.1) is 17.7 Å². The highest BCUT2D eigenvalue weighted by atomic mass is 16.5. The lowest BCUT2D eigenvalue weighted by Crippen LogP contribution is -2.36. The average Bonchev–Trinajstić information content (AvgIpc) is 3.03. The third kappa shape index (κ3) is 3.14. The summed E-state index contributed by atoms with van der Waals surface area (Å²) in [5.41, 5.74) is 1.82. The number of piperidine rings is 1. The molecule has 25 heavy (non-hydrogen) atoms. The second-order valence-corrected chi connectivity index (χ2v) is 6.55. The van der Waals surface area contributed by atoms with Crippen LogP contribution >= 0.6 is 0 Å². The van der Waals surface area contributed by atoms with E-state index < -0.39 is 0 Å². The van der Waals surface area contributed by atoms with Crippen molar-refractivity contribution in [1.82, 2.24) is 24.5 Å². The van der Waals surface area contributed by atoms with Gasteiger partial charge in [-0.1, -0.05) is 0 Å². The van der Waals surface area contributed by atoms with Gasteiger partial charge in [0.25, 0.3) is 0 Å². The first-order chi connectivity index (χ1) is 12.2. The minimum Gasteiger partial charge on any atom is -0.476 e. The Balaban J connectivity index is 1.39. The Labute approximate surface area is 146 Å². The Morgan fingerprint density at radius 2 is 1.92 bits per heavy atom. The van der Waals surface area contributed by atoms with Crippen LogP contribution < -0.4 is 9.64 Å². The molecule has 0 atom stereocenters. The number of aromatic nitrogens is 5. The minimum absolute atomic E-state index is 0.533. The molecule has 1 saturated heterocycles. The van der Waals surface area contributed by atoms with Crippen LogP contribution in [-0.4, -0.2) is 44.2 Å². The molecule has 3 aromatic rings. The van der Waals surface area contributed by atoms with E-state index in [0.717, 1.165) is 48.5 Å². The topological polar surface area (TPSA) is 69.0 Å². The van der Waals surface area contributed by atoms with Gasteiger partial charge >= 0.3 is 0 Å². The maximum absolute atomic E-state index is 5.87. The zero-order valence-corrected chi connectivity index (χ0v) is 14.6. The molecule has 3 aromatic heterocycles. The van der Waals surface area contributed by atoms with E-state index in [1.165, 1.54) is 0 Å². The van der Waals surface area contributed by atoms with E-state index >= 15 is 0 Å². The molecule has 0 unspecified atom stereocenters. The average molecular weight is 338 g/mol. The fourth-order valence-electron chi connectivity index (χ4n) is 3.36. The van der Waals surface area contributed by atoms with Crippen molar-refractivity contribution in [3.63, 3.8) is 0 Å². The van der Waals surface area contributed by atoms with Crippen LogP contribution in [0.2, 0.25) is 0 Å². The summed E-state index contributed by atoms with van der Waals surface area (Å²) in [6, 6.07) is 2.09. The van der Waals surface area contributed by atoms with Crippen LogP contribution in [0.4, 0.5) is 5.82 Å². The predicted octanol–water partition coefficient (Wildman–Crippen LogP) is 2.36. The molecule has 4 heterocycles. The monoisotopic (exact) mass is 338 g/mol. The number of nitrogens with zero attached hydrogens (tertiary/aromatic N) is 6. The fraction of sp³-hybridized carbons (Fsp3) is 0.444. The van der Waals surface area contributed by atoms with Gasteiger partial charge in [0.1, 0.15) is 17.8 Å². The molecule has 0 bridgehead atoms. The summed E-state index contributed by atoms with van der Waals surface area (Å²) in [4.78, 5) is 19.7. The highest BCUT2D eigenvalue weighted by Crippen LogP contribution is 2.28. The van der Waals surface area contributed by atoms with E-state index in [0.29, 0.717) is 18.4 Å². The lowest BCUT2D eigenvalue weighted by atomic mass is 9.97. The van der Waals surface area contributed by atoms with E-state index in [2.05, 4.69) is 30.9 Å². The van der Waals surface area contributed by atoms with Crippen molar-refractivity contribution < 1.29 is 4.74 Å². The van der Waals surface area contributed by atoms with Crippen LogP contribution in [0.15, 0.2) is 31.0 Å². The molecule has 130 valence electrons. The number of rotatable bonds is 4. The smallest absolute Gasteiger partial charge is 0.235 e. The van der Waals surface area contributed by atoms with Crippen LogP contribution in [-0.2, 0) is 7.05 Å². The Morgan fingerprint density at radius 3 is 2.72 bits per heavy atom. The molecule has 0 spiro atoms. The number of aryl methyl sites for hydroxylation is 2. The highest BCUT2D eigenvalue weighted by molar-refractivity contribution is 5.87. The van der Waals surface area contributed by atoms with Crippen LogP contribution in [0.5, 0.6) is 5.88 Å². The third-order valence-electron chi connectivity index (χ3n) is 4.85. The van der Waals surface area contributed by atoms with E-state index in [-0.39, 0.29) is 0 Å². The molecule has 7 nitrogen and oxygen atoms in total. The zero-order valence-electron chi connectivity index (χ0n) is 14.6. The fourth-order valence-corrected chi connectivity index (χ4v) is 3.36. The van der Waals surface area contributed by atoms with Crippen molar-refractivity contribution in [2.75, 3.05) is 24.6 Å². The summed E-state index contributed by atoms with van der Waals surface area (Å²) in [7, 11) is 2.01. The Kier molecular flexibility index (Phi) is 4.21. The van der Waals surface area contributed by atoms with E-state index in [1.807, 2.05) is 24.7 Å². The van der Waals surface area contributed by atoms with Gasteiger partial charge in [-0.15, -0.1) is 0 Å². The van der Waals surface area contributed by atoms with Gasteiger partial charge in [0.2, 0.25) is 5.88 Å². The standard InChI is InChI=1S/C18H22N6O/c1-13-18(20-7-6-19-13)25-11-14-3-9-24(10-4-14)17-15-5-8-23(2)16(15)21-12-22-17/h5-8,12,14H,3-4,9-11H2,1-2H3. The van der Waals surface area contributed by atoms with Gasteiger partial charge in [-0.25, -0.2) is 15.0 Å². The van der Waals surface area contributed by atoms with Gasteiger partial charge in [-0.2, -0.15) is 0 Å². The van der Waals surface area contributed by atoms with E-state index in [9.17, 15) is 0 Å². The molecule has 1 fully saturated rings. The molecule has 0 aromatic carbocycles. The number of ether oxygens (including phenoxy) is 1. The quantitative estimate of drug-likeness (QED) is 0.727. The maximum Gasteiger partial charge on any atom is 0.235 e. The summed E-state index contributed by atoms with van der Waals surface area (Å²) in [5, 5.41) is 1.12. The molecule has 0 saturated carbocycles. The van der Waals surface area contributed by atoms with Crippen molar-refractivity contribution in [1.29, 1.82) is 0 Å². The normalized spacial score (nSPS) is 15.7. The second kappa shape index (κ2) is 6.66. The first-order valence-electron chi connectivity index (χ1n) is 8.64. The van der Waals surface area contributed by atoms with E-state index in [1.54, 1.807) is 18.7 Å². The van der Waals surface area contributed by atoms with Gasteiger partial charge in [0.15, 0.2) is 0 Å². The molecule has 7 heteroatoms. The molecular weight excluding hydrogens is 316 g/mol. The Morgan fingerprint density at radius 1 is 1.12 bits per heavy atom. The van der Waals surface area contributed by atoms with Gasteiger partial charge < -0.3 is 14.2 Å². The largest absolute Gasteiger partial charge is 0.476 e. The SMILES string of the molecule is Cc1nccnc1OCC1CCN(c2ncnc3c2ccn3C)CC1.